The van der Waals surface area contributed by atoms with Crippen LogP contribution in [0.4, 0.5) is 8.78 Å². The number of benzene rings is 2. The van der Waals surface area contributed by atoms with Crippen LogP contribution in [0.25, 0.3) is 16.7 Å². The molecule has 0 fully saturated rings. The molecule has 0 aliphatic rings. The van der Waals surface area contributed by atoms with Gasteiger partial charge in [0.2, 0.25) is 11.7 Å². The van der Waals surface area contributed by atoms with Crippen molar-refractivity contribution in [2.45, 2.75) is 31.7 Å². The summed E-state index contributed by atoms with van der Waals surface area (Å²) >= 11 is 1.06. The lowest BCUT2D eigenvalue weighted by molar-refractivity contribution is -0.117. The Balaban J connectivity index is 1.51. The minimum atomic E-state index is -2.97. The van der Waals surface area contributed by atoms with Crippen LogP contribution in [-0.4, -0.2) is 43.3 Å². The Labute approximate surface area is 195 Å². The van der Waals surface area contributed by atoms with E-state index in [1.807, 2.05) is 6.92 Å². The molecular formula is C22H19F2N5O4S. The summed E-state index contributed by atoms with van der Waals surface area (Å²) in [5.41, 5.74) is 0.564. The van der Waals surface area contributed by atoms with E-state index in [0.29, 0.717) is 28.4 Å². The Hall–Kier alpha value is -3.80. The molecule has 4 rings (SSSR count). The van der Waals surface area contributed by atoms with E-state index in [2.05, 4.69) is 20.3 Å². The van der Waals surface area contributed by atoms with E-state index in [0.717, 1.165) is 18.2 Å². The van der Waals surface area contributed by atoms with Crippen molar-refractivity contribution < 1.29 is 23.1 Å². The predicted molar refractivity (Wildman–Crippen MR) is 121 cm³/mol. The first-order valence-corrected chi connectivity index (χ1v) is 11.3. The molecule has 0 aliphatic heterocycles. The van der Waals surface area contributed by atoms with Crippen molar-refractivity contribution in [3.8, 4) is 5.75 Å². The summed E-state index contributed by atoms with van der Waals surface area (Å²) in [5.74, 6) is -1.12. The smallest absolute Gasteiger partial charge is 0.387 e. The van der Waals surface area contributed by atoms with Crippen LogP contribution in [0.1, 0.15) is 23.7 Å². The van der Waals surface area contributed by atoms with Crippen molar-refractivity contribution in [3.63, 3.8) is 0 Å². The highest BCUT2D eigenvalue weighted by atomic mass is 32.2. The number of aromatic nitrogens is 4. The first-order chi connectivity index (χ1) is 16.4. The van der Waals surface area contributed by atoms with Crippen molar-refractivity contribution >= 4 is 40.3 Å². The van der Waals surface area contributed by atoms with Gasteiger partial charge in [-0.05, 0) is 42.8 Å². The molecule has 4 aromatic rings. The first kappa shape index (κ1) is 23.4. The van der Waals surface area contributed by atoms with E-state index in [1.54, 1.807) is 33.2 Å². The van der Waals surface area contributed by atoms with Gasteiger partial charge in [-0.3, -0.25) is 28.7 Å². The molecule has 0 saturated carbocycles. The molecule has 1 N–H and O–H groups in total. The Morgan fingerprint density at radius 3 is 2.56 bits per heavy atom. The van der Waals surface area contributed by atoms with Crippen molar-refractivity contribution in [2.24, 2.45) is 0 Å². The first-order valence-electron chi connectivity index (χ1n) is 10.3. The Morgan fingerprint density at radius 1 is 1.12 bits per heavy atom. The molecule has 34 heavy (non-hydrogen) atoms. The molecule has 0 radical (unpaired) electrons. The monoisotopic (exact) mass is 487 g/mol. The van der Waals surface area contributed by atoms with Gasteiger partial charge in [0.1, 0.15) is 5.75 Å². The largest absolute Gasteiger partial charge is 0.435 e. The number of nitrogens with one attached hydrogen (secondary N) is 1. The molecule has 2 heterocycles. The van der Waals surface area contributed by atoms with Gasteiger partial charge < -0.3 is 4.74 Å². The van der Waals surface area contributed by atoms with Crippen LogP contribution in [0.15, 0.2) is 58.5 Å². The molecule has 0 aliphatic carbocycles. The molecule has 176 valence electrons. The van der Waals surface area contributed by atoms with Gasteiger partial charge in [-0.1, -0.05) is 30.8 Å². The van der Waals surface area contributed by atoms with Crippen LogP contribution in [0.5, 0.6) is 5.75 Å². The summed E-state index contributed by atoms with van der Waals surface area (Å²) in [4.78, 5) is 37.5. The van der Waals surface area contributed by atoms with Gasteiger partial charge in [-0.25, -0.2) is 0 Å². The Kier molecular flexibility index (Phi) is 6.87. The number of rotatable bonds is 8. The van der Waals surface area contributed by atoms with Gasteiger partial charge in [-0.15, -0.1) is 10.2 Å². The van der Waals surface area contributed by atoms with Crippen LogP contribution in [0, 0.1) is 0 Å². The van der Waals surface area contributed by atoms with Crippen molar-refractivity contribution in [2.75, 3.05) is 5.75 Å². The maximum absolute atomic E-state index is 12.9. The molecule has 0 bridgehead atoms. The number of carbonyl (C=O) groups is 2. The predicted octanol–water partition coefficient (Wildman–Crippen LogP) is 3.10. The number of carbonyl (C=O) groups excluding carboxylic acids is 2. The summed E-state index contributed by atoms with van der Waals surface area (Å²) in [6, 6.07) is 12.0. The average Bonchev–Trinajstić information content (AvgIpc) is 3.24. The van der Waals surface area contributed by atoms with Gasteiger partial charge in [-0.2, -0.15) is 8.78 Å². The van der Waals surface area contributed by atoms with Crippen molar-refractivity contribution in [1.82, 2.24) is 24.5 Å². The third-order valence-electron chi connectivity index (χ3n) is 4.85. The number of halogens is 2. The number of ether oxygens (including phenoxy) is 1. The van der Waals surface area contributed by atoms with Gasteiger partial charge in [0.15, 0.2) is 5.16 Å². The lowest BCUT2D eigenvalue weighted by Crippen LogP contribution is -2.31. The molecule has 0 spiro atoms. The third kappa shape index (κ3) is 4.76. The molecule has 0 saturated heterocycles. The number of hydrogen-bond acceptors (Lipinski definition) is 7. The lowest BCUT2D eigenvalue weighted by Gasteiger charge is -2.10. The number of thioether (sulfide) groups is 1. The minimum absolute atomic E-state index is 0.0964. The molecule has 2 aromatic heterocycles. The molecule has 2 amide bonds. The molecule has 0 unspecified atom stereocenters. The fourth-order valence-corrected chi connectivity index (χ4v) is 4.14. The van der Waals surface area contributed by atoms with Crippen molar-refractivity contribution in [3.05, 3.63) is 64.4 Å². The fraction of sp³-hybridized carbons (Fsp3) is 0.227. The maximum atomic E-state index is 12.9. The second-order valence-corrected chi connectivity index (χ2v) is 8.10. The number of para-hydroxylation sites is 1. The van der Waals surface area contributed by atoms with E-state index in [4.69, 9.17) is 0 Å². The molecule has 9 nitrogen and oxygen atoms in total. The van der Waals surface area contributed by atoms with E-state index in [-0.39, 0.29) is 22.6 Å². The zero-order chi connectivity index (χ0) is 24.2. The van der Waals surface area contributed by atoms with Crippen molar-refractivity contribution in [1.29, 1.82) is 0 Å². The highest BCUT2D eigenvalue weighted by molar-refractivity contribution is 7.99. The van der Waals surface area contributed by atoms with E-state index < -0.39 is 18.4 Å². The van der Waals surface area contributed by atoms with Crippen LogP contribution in [-0.2, 0) is 11.3 Å². The molecule has 0 atom stereocenters. The minimum Gasteiger partial charge on any atom is -0.435 e. The summed E-state index contributed by atoms with van der Waals surface area (Å²) in [6.07, 6.45) is 0.725. The number of alkyl halides is 2. The normalized spacial score (nSPS) is 11.3. The number of imide groups is 1. The van der Waals surface area contributed by atoms with Gasteiger partial charge >= 0.3 is 6.61 Å². The highest BCUT2D eigenvalue weighted by Gasteiger charge is 2.18. The SMILES string of the molecule is CCCn1c(=O)c2ccccc2n2c(SCC(=O)NC(=O)c3ccc(OC(F)F)cc3)nnc12. The quantitative estimate of drug-likeness (QED) is 0.381. The summed E-state index contributed by atoms with van der Waals surface area (Å²) in [6.45, 7) is -0.558. The molecule has 12 heteroatoms. The summed E-state index contributed by atoms with van der Waals surface area (Å²) in [5, 5.41) is 11.4. The second-order valence-electron chi connectivity index (χ2n) is 7.16. The van der Waals surface area contributed by atoms with Gasteiger partial charge in [0.25, 0.3) is 11.5 Å². The van der Waals surface area contributed by atoms with E-state index >= 15 is 0 Å². The number of nitrogens with zero attached hydrogens (tertiary/aromatic N) is 4. The number of aryl methyl sites for hydroxylation is 1. The van der Waals surface area contributed by atoms with Crippen LogP contribution >= 0.6 is 11.8 Å². The molecule has 2 aromatic carbocycles. The van der Waals surface area contributed by atoms with Crippen LogP contribution in [0.3, 0.4) is 0 Å². The van der Waals surface area contributed by atoms with E-state index in [9.17, 15) is 23.2 Å². The second kappa shape index (κ2) is 10.00. The molecular weight excluding hydrogens is 468 g/mol. The Bertz CT molecular complexity index is 1420. The zero-order valence-corrected chi connectivity index (χ0v) is 18.7. The number of amides is 2. The third-order valence-corrected chi connectivity index (χ3v) is 5.78. The average molecular weight is 487 g/mol. The maximum Gasteiger partial charge on any atom is 0.387 e. The van der Waals surface area contributed by atoms with E-state index in [1.165, 1.54) is 24.3 Å². The van der Waals surface area contributed by atoms with Gasteiger partial charge in [0.05, 0.1) is 16.7 Å². The number of hydrogen-bond donors (Lipinski definition) is 1. The fourth-order valence-electron chi connectivity index (χ4n) is 3.40. The van der Waals surface area contributed by atoms with Crippen LogP contribution in [0.2, 0.25) is 0 Å². The highest BCUT2D eigenvalue weighted by Crippen LogP contribution is 2.22. The standard InChI is InChI=1S/C22H19F2N5O4S/c1-2-11-28-19(32)15-5-3-4-6-16(15)29-21(28)26-27-22(29)34-12-17(30)25-18(31)13-7-9-14(10-8-13)33-20(23)24/h3-10,20H,2,11-12H2,1H3,(H,25,30,31). The zero-order valence-electron chi connectivity index (χ0n) is 17.9. The Morgan fingerprint density at radius 2 is 1.85 bits per heavy atom. The summed E-state index contributed by atoms with van der Waals surface area (Å²) < 4.78 is 32.0. The van der Waals surface area contributed by atoms with Crippen LogP contribution < -0.4 is 15.6 Å². The number of fused-ring (bicyclic) bond motifs is 3. The van der Waals surface area contributed by atoms with Gasteiger partial charge in [0, 0.05) is 12.1 Å². The topological polar surface area (TPSA) is 108 Å². The lowest BCUT2D eigenvalue weighted by atomic mass is 10.2. The summed E-state index contributed by atoms with van der Waals surface area (Å²) in [7, 11) is 0.